The average Bonchev–Trinajstić information content (AvgIpc) is 2.37. The third-order valence-electron chi connectivity index (χ3n) is 2.32. The van der Waals surface area contributed by atoms with Gasteiger partial charge in [-0.15, -0.1) is 24.2 Å². The normalized spacial score (nSPS) is 9.84. The number of hydrogen-bond acceptors (Lipinski definition) is 3. The van der Waals surface area contributed by atoms with Gasteiger partial charge >= 0.3 is 0 Å². The Balaban J connectivity index is 0.00000324. The van der Waals surface area contributed by atoms with Crippen LogP contribution in [-0.2, 0) is 0 Å². The van der Waals surface area contributed by atoms with Gasteiger partial charge in [0.05, 0.1) is 5.56 Å². The molecule has 0 heterocycles. The molecule has 0 unspecified atom stereocenters. The highest BCUT2D eigenvalue weighted by Gasteiger charge is 2.11. The summed E-state index contributed by atoms with van der Waals surface area (Å²) in [7, 11) is 0. The highest BCUT2D eigenvalue weighted by atomic mass is 35.5. The van der Waals surface area contributed by atoms with E-state index in [1.165, 1.54) is 0 Å². The predicted octanol–water partition coefficient (Wildman–Crippen LogP) is 3.21. The topological polar surface area (TPSA) is 41.1 Å². The lowest BCUT2D eigenvalue weighted by atomic mass is 10.2. The molecular formula is C13H20Cl2N2OS. The van der Waals surface area contributed by atoms with Crippen molar-refractivity contribution in [3.05, 3.63) is 28.8 Å². The minimum absolute atomic E-state index is 0. The number of nitrogens with one attached hydrogen (secondary N) is 2. The summed E-state index contributed by atoms with van der Waals surface area (Å²) >= 11 is 7.59. The summed E-state index contributed by atoms with van der Waals surface area (Å²) in [6.45, 7) is 6.40. The van der Waals surface area contributed by atoms with E-state index in [0.29, 0.717) is 17.1 Å². The van der Waals surface area contributed by atoms with E-state index in [-0.39, 0.29) is 18.3 Å². The zero-order valence-corrected chi connectivity index (χ0v) is 13.6. The Morgan fingerprint density at radius 1 is 1.32 bits per heavy atom. The molecule has 108 valence electrons. The molecule has 0 radical (unpaired) electrons. The van der Waals surface area contributed by atoms with Crippen molar-refractivity contribution in [3.8, 4) is 0 Å². The van der Waals surface area contributed by atoms with Crippen LogP contribution in [0.1, 0.15) is 24.2 Å². The number of carbonyl (C=O) groups is 1. The van der Waals surface area contributed by atoms with Crippen molar-refractivity contribution < 1.29 is 4.79 Å². The number of amides is 1. The van der Waals surface area contributed by atoms with Crippen LogP contribution in [0.3, 0.4) is 0 Å². The summed E-state index contributed by atoms with van der Waals surface area (Å²) in [5.74, 6) is 0.866. The molecule has 1 aromatic rings. The quantitative estimate of drug-likeness (QED) is 0.598. The van der Waals surface area contributed by atoms with Gasteiger partial charge in [-0.2, -0.15) is 0 Å². The molecule has 1 aromatic carbocycles. The Bertz CT molecular complexity index is 402. The van der Waals surface area contributed by atoms with Crippen molar-refractivity contribution in [3.63, 3.8) is 0 Å². The van der Waals surface area contributed by atoms with Crippen LogP contribution in [0.4, 0.5) is 0 Å². The van der Waals surface area contributed by atoms with Crippen molar-refractivity contribution in [2.75, 3.05) is 25.4 Å². The number of hydrogen-bond donors (Lipinski definition) is 2. The average molecular weight is 323 g/mol. The molecule has 0 aromatic heterocycles. The Labute approximate surface area is 130 Å². The molecular weight excluding hydrogens is 303 g/mol. The molecule has 0 bridgehead atoms. The van der Waals surface area contributed by atoms with Crippen molar-refractivity contribution in [1.29, 1.82) is 0 Å². The molecule has 3 nitrogen and oxygen atoms in total. The molecule has 1 rings (SSSR count). The fourth-order valence-corrected chi connectivity index (χ4v) is 2.45. The van der Waals surface area contributed by atoms with Gasteiger partial charge in [0.1, 0.15) is 0 Å². The maximum atomic E-state index is 12.0. The Morgan fingerprint density at radius 3 is 2.68 bits per heavy atom. The summed E-state index contributed by atoms with van der Waals surface area (Å²) in [6, 6.07) is 5.44. The van der Waals surface area contributed by atoms with E-state index in [4.69, 9.17) is 11.6 Å². The first-order chi connectivity index (χ1) is 8.69. The van der Waals surface area contributed by atoms with Gasteiger partial charge in [0, 0.05) is 23.0 Å². The predicted molar refractivity (Wildman–Crippen MR) is 86.0 cm³/mol. The van der Waals surface area contributed by atoms with Gasteiger partial charge in [0.2, 0.25) is 0 Å². The highest BCUT2D eigenvalue weighted by Crippen LogP contribution is 2.25. The Kier molecular flexibility index (Phi) is 10.1. The zero-order valence-electron chi connectivity index (χ0n) is 11.2. The fraction of sp³-hybridized carbons (Fsp3) is 0.462. The summed E-state index contributed by atoms with van der Waals surface area (Å²) in [5, 5.41) is 6.64. The van der Waals surface area contributed by atoms with E-state index in [1.807, 2.05) is 19.1 Å². The van der Waals surface area contributed by atoms with Gasteiger partial charge in [0.15, 0.2) is 0 Å². The SMILES string of the molecule is CCNCCNC(=O)c1cc(Cl)ccc1SCC.Cl. The first-order valence-electron chi connectivity index (χ1n) is 6.10. The lowest BCUT2D eigenvalue weighted by Gasteiger charge is -2.10. The molecule has 1 amide bonds. The van der Waals surface area contributed by atoms with Crippen LogP contribution < -0.4 is 10.6 Å². The molecule has 0 aliphatic heterocycles. The molecule has 0 aliphatic carbocycles. The lowest BCUT2D eigenvalue weighted by Crippen LogP contribution is -2.32. The van der Waals surface area contributed by atoms with Crippen LogP contribution in [0.25, 0.3) is 0 Å². The van der Waals surface area contributed by atoms with Crippen LogP contribution in [0.5, 0.6) is 0 Å². The summed E-state index contributed by atoms with van der Waals surface area (Å²) in [6.07, 6.45) is 0. The third-order valence-corrected chi connectivity index (χ3v) is 3.51. The molecule has 6 heteroatoms. The van der Waals surface area contributed by atoms with Crippen molar-refractivity contribution >= 4 is 41.7 Å². The van der Waals surface area contributed by atoms with Gasteiger partial charge in [-0.25, -0.2) is 0 Å². The van der Waals surface area contributed by atoms with Gasteiger partial charge in [-0.1, -0.05) is 25.4 Å². The number of likely N-dealkylation sites (N-methyl/N-ethyl adjacent to an activating group) is 1. The van der Waals surface area contributed by atoms with Crippen LogP contribution in [0, 0.1) is 0 Å². The van der Waals surface area contributed by atoms with Crippen LogP contribution in [-0.4, -0.2) is 31.3 Å². The minimum atomic E-state index is -0.0636. The van der Waals surface area contributed by atoms with Crippen molar-refractivity contribution in [1.82, 2.24) is 10.6 Å². The molecule has 0 spiro atoms. The van der Waals surface area contributed by atoms with Crippen molar-refractivity contribution in [2.45, 2.75) is 18.7 Å². The second-order valence-electron chi connectivity index (χ2n) is 3.68. The molecule has 0 saturated heterocycles. The molecule has 2 N–H and O–H groups in total. The number of halogens is 2. The largest absolute Gasteiger partial charge is 0.351 e. The Hall–Kier alpha value is -0.420. The zero-order chi connectivity index (χ0) is 13.4. The first-order valence-corrected chi connectivity index (χ1v) is 7.46. The smallest absolute Gasteiger partial charge is 0.252 e. The second-order valence-corrected chi connectivity index (χ2v) is 5.43. The number of rotatable bonds is 7. The van der Waals surface area contributed by atoms with Gasteiger partial charge < -0.3 is 10.6 Å². The van der Waals surface area contributed by atoms with Gasteiger partial charge in [0.25, 0.3) is 5.91 Å². The maximum absolute atomic E-state index is 12.0. The summed E-state index contributed by atoms with van der Waals surface area (Å²) < 4.78 is 0. The molecule has 0 saturated carbocycles. The maximum Gasteiger partial charge on any atom is 0.252 e. The van der Waals surface area contributed by atoms with Gasteiger partial charge in [-0.05, 0) is 30.5 Å². The van der Waals surface area contributed by atoms with E-state index in [1.54, 1.807) is 17.8 Å². The lowest BCUT2D eigenvalue weighted by molar-refractivity contribution is 0.0951. The fourth-order valence-electron chi connectivity index (χ4n) is 1.50. The summed E-state index contributed by atoms with van der Waals surface area (Å²) in [5.41, 5.74) is 0.658. The van der Waals surface area contributed by atoms with E-state index < -0.39 is 0 Å². The molecule has 0 atom stereocenters. The first kappa shape index (κ1) is 18.6. The Morgan fingerprint density at radius 2 is 2.05 bits per heavy atom. The second kappa shape index (κ2) is 10.4. The molecule has 19 heavy (non-hydrogen) atoms. The minimum Gasteiger partial charge on any atom is -0.351 e. The standard InChI is InChI=1S/C13H19ClN2OS.ClH/c1-3-15-7-8-16-13(17)11-9-10(14)5-6-12(11)18-4-2;/h5-6,9,15H,3-4,7-8H2,1-2H3,(H,16,17);1H. The third kappa shape index (κ3) is 6.52. The van der Waals surface area contributed by atoms with E-state index in [9.17, 15) is 4.79 Å². The van der Waals surface area contributed by atoms with Crippen molar-refractivity contribution in [2.24, 2.45) is 0 Å². The van der Waals surface area contributed by atoms with E-state index in [2.05, 4.69) is 17.6 Å². The van der Waals surface area contributed by atoms with Crippen LogP contribution in [0.15, 0.2) is 23.1 Å². The number of carbonyl (C=O) groups excluding carboxylic acids is 1. The summed E-state index contributed by atoms with van der Waals surface area (Å²) in [4.78, 5) is 13.0. The number of benzene rings is 1. The van der Waals surface area contributed by atoms with E-state index in [0.717, 1.165) is 23.7 Å². The van der Waals surface area contributed by atoms with E-state index >= 15 is 0 Å². The molecule has 0 aliphatic rings. The highest BCUT2D eigenvalue weighted by molar-refractivity contribution is 7.99. The van der Waals surface area contributed by atoms with Crippen LogP contribution >= 0.6 is 35.8 Å². The monoisotopic (exact) mass is 322 g/mol. The molecule has 0 fully saturated rings. The number of thioether (sulfide) groups is 1. The van der Waals surface area contributed by atoms with Crippen LogP contribution in [0.2, 0.25) is 5.02 Å². The van der Waals surface area contributed by atoms with Gasteiger partial charge in [-0.3, -0.25) is 4.79 Å².